The van der Waals surface area contributed by atoms with Crippen LogP contribution < -0.4 is 5.43 Å². The first kappa shape index (κ1) is 20.1. The maximum absolute atomic E-state index is 13.6. The van der Waals surface area contributed by atoms with Gasteiger partial charge in [0.05, 0.1) is 17.0 Å². The number of rotatable bonds is 4. The number of benzene rings is 3. The lowest BCUT2D eigenvalue weighted by Gasteiger charge is -2.25. The van der Waals surface area contributed by atoms with Crippen LogP contribution >= 0.6 is 0 Å². The second-order valence-corrected chi connectivity index (χ2v) is 8.33. The van der Waals surface area contributed by atoms with Crippen molar-refractivity contribution in [2.45, 2.75) is 26.3 Å². The molecule has 5 heteroatoms. The summed E-state index contributed by atoms with van der Waals surface area (Å²) in [6.45, 7) is 4.35. The maximum atomic E-state index is 13.6. The zero-order valence-electron chi connectivity index (χ0n) is 18.0. The van der Waals surface area contributed by atoms with Crippen molar-refractivity contribution in [3.63, 3.8) is 0 Å². The zero-order valence-corrected chi connectivity index (χ0v) is 18.0. The van der Waals surface area contributed by atoms with Crippen LogP contribution in [0.2, 0.25) is 0 Å². The number of aryl methyl sites for hydroxylation is 2. The Bertz CT molecular complexity index is 1390. The van der Waals surface area contributed by atoms with E-state index in [2.05, 4.69) is 0 Å². The van der Waals surface area contributed by atoms with Crippen LogP contribution in [-0.2, 0) is 6.42 Å². The highest BCUT2D eigenvalue weighted by atomic mass is 16.3. The van der Waals surface area contributed by atoms with Gasteiger partial charge in [0, 0.05) is 6.54 Å². The molecule has 3 aromatic carbocycles. The van der Waals surface area contributed by atoms with Crippen LogP contribution in [0, 0.1) is 13.8 Å². The molecule has 5 nitrogen and oxygen atoms in total. The quantitative estimate of drug-likeness (QED) is 0.505. The summed E-state index contributed by atoms with van der Waals surface area (Å²) in [6.07, 6.45) is 0.654. The van der Waals surface area contributed by atoms with Crippen LogP contribution in [0.1, 0.15) is 44.4 Å². The summed E-state index contributed by atoms with van der Waals surface area (Å²) in [5.41, 5.74) is 4.48. The van der Waals surface area contributed by atoms with Gasteiger partial charge in [0.1, 0.15) is 11.3 Å². The van der Waals surface area contributed by atoms with Crippen molar-refractivity contribution in [1.82, 2.24) is 4.90 Å². The molecule has 1 aliphatic heterocycles. The van der Waals surface area contributed by atoms with E-state index in [1.54, 1.807) is 29.2 Å². The van der Waals surface area contributed by atoms with E-state index in [0.717, 1.165) is 22.3 Å². The van der Waals surface area contributed by atoms with Gasteiger partial charge in [-0.1, -0.05) is 42.5 Å². The lowest BCUT2D eigenvalue weighted by atomic mass is 9.97. The Labute approximate surface area is 185 Å². The Kier molecular flexibility index (Phi) is 4.82. The Morgan fingerprint density at radius 3 is 2.34 bits per heavy atom. The number of aromatic hydroxyl groups is 1. The van der Waals surface area contributed by atoms with Gasteiger partial charge in [-0.2, -0.15) is 0 Å². The third-order valence-corrected chi connectivity index (χ3v) is 6.28. The average molecular weight is 425 g/mol. The molecule has 1 unspecified atom stereocenters. The van der Waals surface area contributed by atoms with Gasteiger partial charge in [-0.25, -0.2) is 0 Å². The minimum Gasteiger partial charge on any atom is -0.508 e. The smallest absolute Gasteiger partial charge is 0.290 e. The van der Waals surface area contributed by atoms with Gasteiger partial charge in [-0.15, -0.1) is 0 Å². The number of phenolic OH excluding ortho intramolecular Hbond substituents is 1. The van der Waals surface area contributed by atoms with Crippen molar-refractivity contribution < 1.29 is 14.3 Å². The third kappa shape index (κ3) is 3.26. The molecule has 0 spiro atoms. The van der Waals surface area contributed by atoms with Gasteiger partial charge in [-0.05, 0) is 66.8 Å². The highest BCUT2D eigenvalue weighted by molar-refractivity contribution is 5.99. The van der Waals surface area contributed by atoms with E-state index in [9.17, 15) is 14.7 Å². The van der Waals surface area contributed by atoms with Crippen molar-refractivity contribution in [1.29, 1.82) is 0 Å². The molecular formula is C27H23NO4. The molecule has 2 heterocycles. The average Bonchev–Trinajstić information content (AvgIpc) is 3.07. The highest BCUT2D eigenvalue weighted by Crippen LogP contribution is 2.38. The van der Waals surface area contributed by atoms with Crippen LogP contribution in [0.15, 0.2) is 75.9 Å². The van der Waals surface area contributed by atoms with E-state index in [4.69, 9.17) is 4.42 Å². The highest BCUT2D eigenvalue weighted by Gasteiger charge is 2.42. The zero-order chi connectivity index (χ0) is 22.4. The van der Waals surface area contributed by atoms with E-state index >= 15 is 0 Å². The van der Waals surface area contributed by atoms with E-state index < -0.39 is 6.04 Å². The van der Waals surface area contributed by atoms with Gasteiger partial charge in [0.15, 0.2) is 5.43 Å². The number of carbonyl (C=O) groups is 1. The Balaban J connectivity index is 1.67. The van der Waals surface area contributed by atoms with Gasteiger partial charge >= 0.3 is 0 Å². The summed E-state index contributed by atoms with van der Waals surface area (Å²) in [7, 11) is 0. The topological polar surface area (TPSA) is 70.8 Å². The maximum Gasteiger partial charge on any atom is 0.290 e. The summed E-state index contributed by atoms with van der Waals surface area (Å²) in [5.74, 6) is -0.0473. The summed E-state index contributed by atoms with van der Waals surface area (Å²) >= 11 is 0. The van der Waals surface area contributed by atoms with Crippen LogP contribution in [0.4, 0.5) is 0 Å². The second kappa shape index (κ2) is 7.68. The van der Waals surface area contributed by atoms with Gasteiger partial charge < -0.3 is 14.4 Å². The molecule has 1 N–H and O–H groups in total. The first-order valence-electron chi connectivity index (χ1n) is 10.7. The van der Waals surface area contributed by atoms with Crippen molar-refractivity contribution in [2.75, 3.05) is 6.54 Å². The molecule has 1 atom stereocenters. The molecule has 0 aliphatic carbocycles. The first-order valence-corrected chi connectivity index (χ1v) is 10.7. The third-order valence-electron chi connectivity index (χ3n) is 6.28. The second-order valence-electron chi connectivity index (χ2n) is 8.33. The number of hydrogen-bond acceptors (Lipinski definition) is 4. The summed E-state index contributed by atoms with van der Waals surface area (Å²) < 4.78 is 6.05. The predicted octanol–water partition coefficient (Wildman–Crippen LogP) is 4.90. The minimum absolute atomic E-state index is 0.108. The number of amides is 1. The van der Waals surface area contributed by atoms with Gasteiger partial charge in [0.25, 0.3) is 5.91 Å². The predicted molar refractivity (Wildman–Crippen MR) is 123 cm³/mol. The molecule has 1 amide bonds. The number of fused-ring (bicyclic) bond motifs is 2. The number of nitrogens with zero attached hydrogens (tertiary/aromatic N) is 1. The summed E-state index contributed by atoms with van der Waals surface area (Å²) in [6, 6.07) is 19.7. The summed E-state index contributed by atoms with van der Waals surface area (Å²) in [5, 5.41) is 10.2. The molecule has 32 heavy (non-hydrogen) atoms. The van der Waals surface area contributed by atoms with Crippen LogP contribution in [0.3, 0.4) is 0 Å². The van der Waals surface area contributed by atoms with Crippen molar-refractivity contribution in [2.24, 2.45) is 0 Å². The monoisotopic (exact) mass is 425 g/mol. The standard InChI is InChI=1S/C27H23NO4/c1-16-14-21-22(15-17(16)2)32-26-23(25(21)30)24(19-8-10-20(29)11-9-19)28(27(26)31)13-12-18-6-4-3-5-7-18/h3-11,14-15,24,29H,12-13H2,1-2H3. The fourth-order valence-electron chi connectivity index (χ4n) is 4.40. The number of phenols is 1. The molecule has 0 radical (unpaired) electrons. The molecule has 0 saturated carbocycles. The van der Waals surface area contributed by atoms with E-state index in [1.807, 2.05) is 56.3 Å². The van der Waals surface area contributed by atoms with Gasteiger partial charge in [0.2, 0.25) is 5.76 Å². The van der Waals surface area contributed by atoms with Crippen molar-refractivity contribution >= 4 is 16.9 Å². The molecule has 5 rings (SSSR count). The molecule has 0 bridgehead atoms. The van der Waals surface area contributed by atoms with E-state index in [1.165, 1.54) is 0 Å². The Morgan fingerprint density at radius 2 is 1.62 bits per heavy atom. The molecule has 160 valence electrons. The molecule has 0 fully saturated rings. The van der Waals surface area contributed by atoms with Crippen LogP contribution in [0.25, 0.3) is 11.0 Å². The Hall–Kier alpha value is -3.86. The van der Waals surface area contributed by atoms with Gasteiger partial charge in [-0.3, -0.25) is 9.59 Å². The van der Waals surface area contributed by atoms with Crippen molar-refractivity contribution in [3.8, 4) is 5.75 Å². The van der Waals surface area contributed by atoms with Crippen molar-refractivity contribution in [3.05, 3.63) is 111 Å². The van der Waals surface area contributed by atoms with E-state index in [0.29, 0.717) is 29.5 Å². The summed E-state index contributed by atoms with van der Waals surface area (Å²) in [4.78, 5) is 28.8. The lowest BCUT2D eigenvalue weighted by Crippen LogP contribution is -2.31. The molecule has 0 saturated heterocycles. The Morgan fingerprint density at radius 1 is 0.938 bits per heavy atom. The molecule has 1 aromatic heterocycles. The first-order chi connectivity index (χ1) is 15.4. The molecule has 4 aromatic rings. The minimum atomic E-state index is -0.566. The molecule has 1 aliphatic rings. The number of hydrogen-bond donors (Lipinski definition) is 1. The van der Waals surface area contributed by atoms with Crippen LogP contribution in [-0.4, -0.2) is 22.5 Å². The SMILES string of the molecule is Cc1cc2oc3c(c(=O)c2cc1C)C(c1ccc(O)cc1)N(CCc1ccccc1)C3=O. The van der Waals surface area contributed by atoms with Crippen LogP contribution in [0.5, 0.6) is 5.75 Å². The number of carbonyl (C=O) groups excluding carboxylic acids is 1. The van der Waals surface area contributed by atoms with E-state index in [-0.39, 0.29) is 22.8 Å². The largest absolute Gasteiger partial charge is 0.508 e. The molecular weight excluding hydrogens is 402 g/mol. The fraction of sp³-hybridized carbons (Fsp3) is 0.185. The lowest BCUT2D eigenvalue weighted by molar-refractivity contribution is 0.0730. The fourth-order valence-corrected chi connectivity index (χ4v) is 4.40. The normalized spacial score (nSPS) is 15.4.